The Morgan fingerprint density at radius 2 is 1.68 bits per heavy atom. The minimum atomic E-state index is -0.304. The molecular weight excluding hydrogens is 293 g/mol. The summed E-state index contributed by atoms with van der Waals surface area (Å²) in [6.45, 7) is 12.7. The number of hydrogen-bond acceptors (Lipinski definition) is 4. The molecule has 22 heavy (non-hydrogen) atoms. The van der Waals surface area contributed by atoms with Crippen molar-refractivity contribution in [2.24, 2.45) is 0 Å². The molecule has 0 spiro atoms. The first-order valence-corrected chi connectivity index (χ1v) is 8.87. The van der Waals surface area contributed by atoms with E-state index in [0.29, 0.717) is 0 Å². The lowest BCUT2D eigenvalue weighted by molar-refractivity contribution is 0.00578. The molecule has 1 fully saturated rings. The largest absolute Gasteiger partial charge is 0.494 e. The number of nitrogens with zero attached hydrogens (tertiary/aromatic N) is 1. The Kier molecular flexibility index (Phi) is 3.87. The Hall–Kier alpha value is -0.905. The monoisotopic (exact) mass is 317 g/mol. The number of rotatable bonds is 3. The maximum absolute atomic E-state index is 6.19. The smallest absolute Gasteiger partial charge is 0.399 e. The number of thiazole rings is 1. The lowest BCUT2D eigenvalue weighted by Gasteiger charge is -2.32. The molecule has 1 saturated heterocycles. The van der Waals surface area contributed by atoms with Crippen LogP contribution in [0.15, 0.2) is 12.1 Å². The van der Waals surface area contributed by atoms with E-state index in [0.717, 1.165) is 23.8 Å². The summed E-state index contributed by atoms with van der Waals surface area (Å²) in [6, 6.07) is 4.39. The van der Waals surface area contributed by atoms with Gasteiger partial charge < -0.3 is 9.31 Å². The molecular formula is C17H24BNO2S. The Bertz CT molecular complexity index is 692. The molecule has 0 bridgehead atoms. The van der Waals surface area contributed by atoms with Crippen LogP contribution in [0.4, 0.5) is 0 Å². The maximum atomic E-state index is 6.19. The van der Waals surface area contributed by atoms with Crippen molar-refractivity contribution in [3.8, 4) is 0 Å². The number of benzene rings is 1. The third-order valence-electron chi connectivity index (χ3n) is 4.85. The maximum Gasteiger partial charge on any atom is 0.494 e. The van der Waals surface area contributed by atoms with E-state index in [2.05, 4.69) is 53.7 Å². The summed E-state index contributed by atoms with van der Waals surface area (Å²) in [5.74, 6) is 0. The van der Waals surface area contributed by atoms with Crippen LogP contribution in [-0.4, -0.2) is 23.3 Å². The lowest BCUT2D eigenvalue weighted by atomic mass is 9.78. The van der Waals surface area contributed by atoms with Gasteiger partial charge in [0.15, 0.2) is 0 Å². The van der Waals surface area contributed by atoms with Crippen LogP contribution >= 0.6 is 11.3 Å². The molecule has 0 atom stereocenters. The zero-order chi connectivity index (χ0) is 16.1. The number of fused-ring (bicyclic) bond motifs is 1. The van der Waals surface area contributed by atoms with Crippen molar-refractivity contribution < 1.29 is 9.31 Å². The van der Waals surface area contributed by atoms with E-state index in [1.165, 1.54) is 15.3 Å². The average Bonchev–Trinajstić information content (AvgIpc) is 2.96. The van der Waals surface area contributed by atoms with E-state index < -0.39 is 0 Å². The highest BCUT2D eigenvalue weighted by atomic mass is 32.1. The molecule has 0 amide bonds. The number of aromatic nitrogens is 1. The van der Waals surface area contributed by atoms with Crippen LogP contribution in [0.3, 0.4) is 0 Å². The molecule has 3 nitrogen and oxygen atoms in total. The van der Waals surface area contributed by atoms with Gasteiger partial charge in [0.05, 0.1) is 26.4 Å². The molecule has 0 radical (unpaired) electrons. The van der Waals surface area contributed by atoms with Crippen LogP contribution in [0.1, 0.15) is 52.1 Å². The molecule has 2 heterocycles. The minimum absolute atomic E-state index is 0.299. The van der Waals surface area contributed by atoms with Crippen molar-refractivity contribution in [1.82, 2.24) is 4.98 Å². The van der Waals surface area contributed by atoms with Crippen molar-refractivity contribution in [1.29, 1.82) is 0 Å². The molecule has 0 N–H and O–H groups in total. The zero-order valence-corrected chi connectivity index (χ0v) is 15.1. The van der Waals surface area contributed by atoms with Crippen LogP contribution in [0.5, 0.6) is 0 Å². The van der Waals surface area contributed by atoms with Crippen molar-refractivity contribution in [2.75, 3.05) is 0 Å². The van der Waals surface area contributed by atoms with E-state index in [1.807, 2.05) is 0 Å². The molecule has 1 aromatic heterocycles. The fraction of sp³-hybridized carbons (Fsp3) is 0.588. The fourth-order valence-corrected chi connectivity index (χ4v) is 3.71. The molecule has 1 aliphatic heterocycles. The molecule has 0 saturated carbocycles. The summed E-state index contributed by atoms with van der Waals surface area (Å²) >= 11 is 1.78. The van der Waals surface area contributed by atoms with Crippen LogP contribution in [0.2, 0.25) is 0 Å². The summed E-state index contributed by atoms with van der Waals surface area (Å²) in [4.78, 5) is 4.76. The Morgan fingerprint density at radius 1 is 1.05 bits per heavy atom. The topological polar surface area (TPSA) is 31.4 Å². The molecule has 0 unspecified atom stereocenters. The molecule has 1 aliphatic rings. The Morgan fingerprint density at radius 3 is 2.23 bits per heavy atom. The van der Waals surface area contributed by atoms with Crippen molar-refractivity contribution in [2.45, 2.75) is 65.6 Å². The van der Waals surface area contributed by atoms with E-state index >= 15 is 0 Å². The highest BCUT2D eigenvalue weighted by molar-refractivity contribution is 7.18. The molecule has 2 aromatic rings. The second-order valence-electron chi connectivity index (χ2n) is 6.93. The van der Waals surface area contributed by atoms with Crippen LogP contribution in [0.25, 0.3) is 10.2 Å². The summed E-state index contributed by atoms with van der Waals surface area (Å²) in [5.41, 5.74) is 2.92. The number of hydrogen-bond donors (Lipinski definition) is 0. The fourth-order valence-electron chi connectivity index (χ4n) is 2.70. The second kappa shape index (κ2) is 5.32. The Labute approximate surface area is 137 Å². The van der Waals surface area contributed by atoms with Gasteiger partial charge in [0.1, 0.15) is 0 Å². The Balaban J connectivity index is 2.05. The van der Waals surface area contributed by atoms with Gasteiger partial charge in [0.2, 0.25) is 0 Å². The van der Waals surface area contributed by atoms with Crippen LogP contribution < -0.4 is 5.46 Å². The second-order valence-corrected chi connectivity index (χ2v) is 8.04. The van der Waals surface area contributed by atoms with E-state index in [9.17, 15) is 0 Å². The van der Waals surface area contributed by atoms with E-state index in [-0.39, 0.29) is 18.3 Å². The minimum Gasteiger partial charge on any atom is -0.399 e. The first-order chi connectivity index (χ1) is 10.3. The van der Waals surface area contributed by atoms with Gasteiger partial charge in [-0.1, -0.05) is 19.9 Å². The SMILES string of the molecule is CCc1nc2c(CC)cc(B3OC(C)(C)C(C)(C)O3)cc2s1. The van der Waals surface area contributed by atoms with Gasteiger partial charge in [0, 0.05) is 0 Å². The third-order valence-corrected chi connectivity index (χ3v) is 6.00. The first-order valence-electron chi connectivity index (χ1n) is 8.05. The molecule has 1 aromatic carbocycles. The quantitative estimate of drug-likeness (QED) is 0.809. The van der Waals surface area contributed by atoms with Gasteiger partial charge >= 0.3 is 7.12 Å². The van der Waals surface area contributed by atoms with Gasteiger partial charge in [-0.05, 0) is 57.6 Å². The lowest BCUT2D eigenvalue weighted by Crippen LogP contribution is -2.41. The third kappa shape index (κ3) is 2.49. The van der Waals surface area contributed by atoms with Gasteiger partial charge in [-0.3, -0.25) is 0 Å². The predicted octanol–water partition coefficient (Wildman–Crippen LogP) is 3.72. The summed E-state index contributed by atoms with van der Waals surface area (Å²) in [6.07, 6.45) is 1.95. The van der Waals surface area contributed by atoms with E-state index in [1.54, 1.807) is 11.3 Å². The standard InChI is InChI=1S/C17H24BNO2S/c1-7-11-9-12(10-13-15(11)19-14(8-2)22-13)18-20-16(3,4)17(5,6)21-18/h9-10H,7-8H2,1-6H3. The highest BCUT2D eigenvalue weighted by Gasteiger charge is 2.51. The van der Waals surface area contributed by atoms with E-state index in [4.69, 9.17) is 14.3 Å². The summed E-state index contributed by atoms with van der Waals surface area (Å²) < 4.78 is 13.6. The van der Waals surface area contributed by atoms with Crippen LogP contribution in [-0.2, 0) is 22.2 Å². The van der Waals surface area contributed by atoms with Crippen molar-refractivity contribution >= 4 is 34.1 Å². The number of aryl methyl sites for hydroxylation is 2. The van der Waals surface area contributed by atoms with Gasteiger partial charge in [-0.15, -0.1) is 11.3 Å². The van der Waals surface area contributed by atoms with Gasteiger partial charge in [-0.25, -0.2) is 4.98 Å². The van der Waals surface area contributed by atoms with Crippen molar-refractivity contribution in [3.63, 3.8) is 0 Å². The predicted molar refractivity (Wildman–Crippen MR) is 94.1 cm³/mol. The molecule has 5 heteroatoms. The van der Waals surface area contributed by atoms with Crippen LogP contribution in [0, 0.1) is 0 Å². The average molecular weight is 317 g/mol. The summed E-state index contributed by atoms with van der Waals surface area (Å²) in [7, 11) is -0.299. The molecule has 118 valence electrons. The molecule has 3 rings (SSSR count). The normalized spacial score (nSPS) is 20.0. The summed E-state index contributed by atoms with van der Waals surface area (Å²) in [5, 5.41) is 1.19. The first kappa shape index (κ1) is 16.0. The van der Waals surface area contributed by atoms with Crippen molar-refractivity contribution in [3.05, 3.63) is 22.7 Å². The van der Waals surface area contributed by atoms with Gasteiger partial charge in [0.25, 0.3) is 0 Å². The highest BCUT2D eigenvalue weighted by Crippen LogP contribution is 2.37. The molecule has 0 aliphatic carbocycles. The zero-order valence-electron chi connectivity index (χ0n) is 14.3. The van der Waals surface area contributed by atoms with Gasteiger partial charge in [-0.2, -0.15) is 0 Å².